The molecule has 4 rings (SSSR count). The van der Waals surface area contributed by atoms with E-state index in [9.17, 15) is 9.59 Å². The third-order valence-corrected chi connectivity index (χ3v) is 6.10. The second-order valence-corrected chi connectivity index (χ2v) is 8.35. The smallest absolute Gasteiger partial charge is 0.227 e. The highest BCUT2D eigenvalue weighted by Crippen LogP contribution is 2.23. The van der Waals surface area contributed by atoms with Gasteiger partial charge in [-0.15, -0.1) is 0 Å². The molecule has 158 valence electrons. The predicted octanol–water partition coefficient (Wildman–Crippen LogP) is 2.87. The fourth-order valence-electron chi connectivity index (χ4n) is 4.47. The van der Waals surface area contributed by atoms with Gasteiger partial charge in [0, 0.05) is 51.9 Å². The molecule has 1 aromatic carbocycles. The number of carbonyl (C=O) groups is 2. The quantitative estimate of drug-likeness (QED) is 0.784. The fourth-order valence-corrected chi connectivity index (χ4v) is 4.47. The van der Waals surface area contributed by atoms with Crippen LogP contribution in [0, 0.1) is 12.8 Å². The van der Waals surface area contributed by atoms with Crippen LogP contribution in [-0.2, 0) is 16.1 Å². The first-order valence-corrected chi connectivity index (χ1v) is 10.9. The normalized spacial score (nSPS) is 20.2. The molecule has 0 aliphatic carbocycles. The van der Waals surface area contributed by atoms with Crippen LogP contribution in [0.1, 0.15) is 30.4 Å². The van der Waals surface area contributed by atoms with E-state index in [-0.39, 0.29) is 17.7 Å². The molecule has 0 spiro atoms. The van der Waals surface area contributed by atoms with E-state index < -0.39 is 0 Å². The third kappa shape index (κ3) is 4.81. The summed E-state index contributed by atoms with van der Waals surface area (Å²) in [5.74, 6) is 1.22. The zero-order valence-corrected chi connectivity index (χ0v) is 17.7. The summed E-state index contributed by atoms with van der Waals surface area (Å²) in [6, 6.07) is 14.2. The maximum atomic E-state index is 13.2. The van der Waals surface area contributed by atoms with Gasteiger partial charge in [-0.25, -0.2) is 4.98 Å². The van der Waals surface area contributed by atoms with Crippen molar-refractivity contribution in [1.29, 1.82) is 0 Å². The monoisotopic (exact) mass is 406 g/mol. The summed E-state index contributed by atoms with van der Waals surface area (Å²) >= 11 is 0. The molecule has 0 N–H and O–H groups in total. The summed E-state index contributed by atoms with van der Waals surface area (Å²) in [5, 5.41) is 0. The first-order chi connectivity index (χ1) is 14.6. The lowest BCUT2D eigenvalue weighted by Crippen LogP contribution is -2.46. The van der Waals surface area contributed by atoms with Gasteiger partial charge in [-0.3, -0.25) is 9.59 Å². The van der Waals surface area contributed by atoms with Crippen molar-refractivity contribution in [3.63, 3.8) is 0 Å². The van der Waals surface area contributed by atoms with Crippen molar-refractivity contribution >= 4 is 17.6 Å². The number of piperidine rings is 1. The molecule has 6 nitrogen and oxygen atoms in total. The highest BCUT2D eigenvalue weighted by Gasteiger charge is 2.32. The Balaban J connectivity index is 1.37. The van der Waals surface area contributed by atoms with E-state index in [1.165, 1.54) is 5.56 Å². The van der Waals surface area contributed by atoms with Crippen LogP contribution in [0.25, 0.3) is 0 Å². The maximum Gasteiger partial charge on any atom is 0.227 e. The first kappa shape index (κ1) is 20.4. The van der Waals surface area contributed by atoms with Crippen LogP contribution in [0.4, 0.5) is 5.82 Å². The summed E-state index contributed by atoms with van der Waals surface area (Å²) in [4.78, 5) is 36.3. The van der Waals surface area contributed by atoms with E-state index in [4.69, 9.17) is 0 Å². The van der Waals surface area contributed by atoms with Gasteiger partial charge in [0.2, 0.25) is 11.8 Å². The van der Waals surface area contributed by atoms with Crippen LogP contribution < -0.4 is 4.90 Å². The number of amides is 2. The number of anilines is 1. The van der Waals surface area contributed by atoms with Gasteiger partial charge in [-0.05, 0) is 37.5 Å². The number of hydrogen-bond donors (Lipinski definition) is 0. The molecule has 2 fully saturated rings. The number of nitrogens with zero attached hydrogens (tertiary/aromatic N) is 4. The highest BCUT2D eigenvalue weighted by molar-refractivity contribution is 5.82. The van der Waals surface area contributed by atoms with Crippen LogP contribution in [0.3, 0.4) is 0 Å². The lowest BCUT2D eigenvalue weighted by molar-refractivity contribution is -0.135. The number of hydrogen-bond acceptors (Lipinski definition) is 4. The Morgan fingerprint density at radius 2 is 2.00 bits per heavy atom. The van der Waals surface area contributed by atoms with Crippen molar-refractivity contribution in [2.24, 2.45) is 5.92 Å². The van der Waals surface area contributed by atoms with E-state index in [2.05, 4.69) is 35.0 Å². The molecule has 1 atom stereocenters. The van der Waals surface area contributed by atoms with Gasteiger partial charge < -0.3 is 14.7 Å². The Labute approximate surface area is 178 Å². The van der Waals surface area contributed by atoms with Crippen LogP contribution in [0.2, 0.25) is 0 Å². The molecule has 6 heteroatoms. The Bertz CT molecular complexity index is 886. The molecule has 0 saturated carbocycles. The topological polar surface area (TPSA) is 56.8 Å². The minimum atomic E-state index is -0.0285. The molecular formula is C24H30N4O2. The molecule has 0 bridgehead atoms. The number of aryl methyl sites for hydroxylation is 1. The SMILES string of the molecule is Cc1cccc(CN2CCN(C(=O)[C@H]3CCCN(c4ccccn4)C3)CCC2=O)c1. The molecular weight excluding hydrogens is 376 g/mol. The summed E-state index contributed by atoms with van der Waals surface area (Å²) < 4.78 is 0. The summed E-state index contributed by atoms with van der Waals surface area (Å²) in [5.41, 5.74) is 2.34. The molecule has 2 aliphatic heterocycles. The van der Waals surface area contributed by atoms with E-state index in [1.807, 2.05) is 34.1 Å². The maximum absolute atomic E-state index is 13.2. The molecule has 0 unspecified atom stereocenters. The van der Waals surface area contributed by atoms with Crippen molar-refractivity contribution in [2.45, 2.75) is 32.7 Å². The standard InChI is InChI=1S/C24H30N4O2/c1-19-6-4-7-20(16-19)17-28-15-14-26(13-10-23(28)29)24(30)21-8-5-12-27(18-21)22-9-2-3-11-25-22/h2-4,6-7,9,11,16,21H,5,8,10,12-15,17-18H2,1H3/t21-/m0/s1. The predicted molar refractivity (Wildman–Crippen MR) is 117 cm³/mol. The minimum Gasteiger partial charge on any atom is -0.356 e. The van der Waals surface area contributed by atoms with Crippen molar-refractivity contribution < 1.29 is 9.59 Å². The van der Waals surface area contributed by atoms with Crippen molar-refractivity contribution in [3.8, 4) is 0 Å². The highest BCUT2D eigenvalue weighted by atomic mass is 16.2. The van der Waals surface area contributed by atoms with Crippen molar-refractivity contribution in [1.82, 2.24) is 14.8 Å². The number of carbonyl (C=O) groups excluding carboxylic acids is 2. The van der Waals surface area contributed by atoms with E-state index in [1.54, 1.807) is 6.20 Å². The average Bonchev–Trinajstić information content (AvgIpc) is 2.96. The zero-order chi connectivity index (χ0) is 20.9. The lowest BCUT2D eigenvalue weighted by Gasteiger charge is -2.35. The van der Waals surface area contributed by atoms with Crippen molar-refractivity contribution in [3.05, 3.63) is 59.8 Å². The zero-order valence-electron chi connectivity index (χ0n) is 17.7. The fraction of sp³-hybridized carbons (Fsp3) is 0.458. The lowest BCUT2D eigenvalue weighted by atomic mass is 9.96. The molecule has 0 radical (unpaired) electrons. The molecule has 1 aromatic heterocycles. The molecule has 2 amide bonds. The van der Waals surface area contributed by atoms with Gasteiger partial charge in [0.25, 0.3) is 0 Å². The number of aromatic nitrogens is 1. The van der Waals surface area contributed by atoms with Gasteiger partial charge in [0.15, 0.2) is 0 Å². The molecule has 2 saturated heterocycles. The van der Waals surface area contributed by atoms with E-state index >= 15 is 0 Å². The summed E-state index contributed by atoms with van der Waals surface area (Å²) in [6.45, 7) is 6.02. The van der Waals surface area contributed by atoms with Gasteiger partial charge >= 0.3 is 0 Å². The molecule has 2 aromatic rings. The Kier molecular flexibility index (Phi) is 6.31. The number of rotatable bonds is 4. The first-order valence-electron chi connectivity index (χ1n) is 10.9. The molecule has 2 aliphatic rings. The van der Waals surface area contributed by atoms with Gasteiger partial charge in [-0.2, -0.15) is 0 Å². The second kappa shape index (κ2) is 9.28. The average molecular weight is 407 g/mol. The van der Waals surface area contributed by atoms with E-state index in [0.29, 0.717) is 39.1 Å². The number of benzene rings is 1. The Morgan fingerprint density at radius 1 is 1.10 bits per heavy atom. The third-order valence-electron chi connectivity index (χ3n) is 6.10. The summed E-state index contributed by atoms with van der Waals surface area (Å²) in [6.07, 6.45) is 4.08. The van der Waals surface area contributed by atoms with Crippen LogP contribution in [-0.4, -0.2) is 59.3 Å². The van der Waals surface area contributed by atoms with Gasteiger partial charge in [0.05, 0.1) is 5.92 Å². The van der Waals surface area contributed by atoms with E-state index in [0.717, 1.165) is 30.8 Å². The Morgan fingerprint density at radius 3 is 2.80 bits per heavy atom. The second-order valence-electron chi connectivity index (χ2n) is 8.35. The number of pyridine rings is 1. The van der Waals surface area contributed by atoms with Crippen LogP contribution in [0.15, 0.2) is 48.7 Å². The van der Waals surface area contributed by atoms with Gasteiger partial charge in [0.1, 0.15) is 5.82 Å². The Hall–Kier alpha value is -2.89. The minimum absolute atomic E-state index is 0.0285. The largest absolute Gasteiger partial charge is 0.356 e. The summed E-state index contributed by atoms with van der Waals surface area (Å²) in [7, 11) is 0. The van der Waals surface area contributed by atoms with Gasteiger partial charge in [-0.1, -0.05) is 35.9 Å². The molecule has 3 heterocycles. The molecule has 30 heavy (non-hydrogen) atoms. The van der Waals surface area contributed by atoms with Crippen LogP contribution in [0.5, 0.6) is 0 Å². The van der Waals surface area contributed by atoms with Crippen molar-refractivity contribution in [2.75, 3.05) is 37.6 Å². The van der Waals surface area contributed by atoms with Crippen LogP contribution >= 0.6 is 0 Å².